The number of hydrogen-bond acceptors (Lipinski definition) is 4. The van der Waals surface area contributed by atoms with Gasteiger partial charge in [-0.1, -0.05) is 67.8 Å². The fourth-order valence-corrected chi connectivity index (χ4v) is 5.88. The molecule has 0 radical (unpaired) electrons. The van der Waals surface area contributed by atoms with Gasteiger partial charge in [0.05, 0.1) is 10.6 Å². The summed E-state index contributed by atoms with van der Waals surface area (Å²) in [6.07, 6.45) is 7.15. The molecular formula is C29H28FN3O2S. The third-order valence-corrected chi connectivity index (χ3v) is 7.78. The van der Waals surface area contributed by atoms with Crippen LogP contribution in [0, 0.1) is 15.9 Å². The van der Waals surface area contributed by atoms with Crippen LogP contribution in [0.4, 0.5) is 15.8 Å². The number of nitro benzene ring substituents is 1. The Hall–Kier alpha value is -3.58. The predicted molar refractivity (Wildman–Crippen MR) is 142 cm³/mol. The van der Waals surface area contributed by atoms with Crippen LogP contribution in [0.2, 0.25) is 0 Å². The van der Waals surface area contributed by atoms with Crippen molar-refractivity contribution in [1.29, 1.82) is 0 Å². The van der Waals surface area contributed by atoms with Crippen molar-refractivity contribution in [3.8, 4) is 11.3 Å². The Balaban J connectivity index is 1.52. The first-order valence-electron chi connectivity index (χ1n) is 12.4. The lowest BCUT2D eigenvalue weighted by molar-refractivity contribution is -0.384. The smallest absolute Gasteiger partial charge is 0.294 e. The minimum absolute atomic E-state index is 0.0191. The number of nitrogens with zero attached hydrogens (tertiary/aromatic N) is 3. The maximum Gasteiger partial charge on any atom is 0.294 e. The highest BCUT2D eigenvalue weighted by Crippen LogP contribution is 2.34. The third kappa shape index (κ3) is 5.46. The molecule has 1 heterocycles. The largest absolute Gasteiger partial charge is 0.316 e. The van der Waals surface area contributed by atoms with Gasteiger partial charge in [-0.3, -0.25) is 10.1 Å². The van der Waals surface area contributed by atoms with Crippen LogP contribution in [0.3, 0.4) is 0 Å². The van der Waals surface area contributed by atoms with Gasteiger partial charge in [0.15, 0.2) is 4.80 Å². The van der Waals surface area contributed by atoms with Crippen LogP contribution in [0.15, 0.2) is 83.2 Å². The molecule has 184 valence electrons. The summed E-state index contributed by atoms with van der Waals surface area (Å²) in [5.41, 5.74) is 4.85. The third-order valence-electron chi connectivity index (χ3n) is 6.91. The van der Waals surface area contributed by atoms with Gasteiger partial charge in [0.25, 0.3) is 5.69 Å². The molecule has 3 aromatic carbocycles. The van der Waals surface area contributed by atoms with E-state index in [1.807, 2.05) is 0 Å². The Morgan fingerprint density at radius 3 is 2.42 bits per heavy atom. The average molecular weight is 502 g/mol. The minimum atomic E-state index is -0.403. The molecule has 0 unspecified atom stereocenters. The molecule has 0 aliphatic heterocycles. The Morgan fingerprint density at radius 1 is 0.972 bits per heavy atom. The molecule has 7 heteroatoms. The highest BCUT2D eigenvalue weighted by molar-refractivity contribution is 7.07. The molecule has 1 saturated carbocycles. The van der Waals surface area contributed by atoms with Crippen molar-refractivity contribution in [1.82, 2.24) is 4.57 Å². The number of halogens is 1. The topological polar surface area (TPSA) is 60.4 Å². The Morgan fingerprint density at radius 2 is 1.69 bits per heavy atom. The zero-order valence-electron chi connectivity index (χ0n) is 20.0. The van der Waals surface area contributed by atoms with Crippen molar-refractivity contribution in [3.63, 3.8) is 0 Å². The summed E-state index contributed by atoms with van der Waals surface area (Å²) in [6, 6.07) is 21.9. The van der Waals surface area contributed by atoms with Crippen LogP contribution in [0.25, 0.3) is 11.3 Å². The zero-order chi connectivity index (χ0) is 24.9. The molecule has 1 aromatic heterocycles. The number of para-hydroxylation sites is 2. The van der Waals surface area contributed by atoms with Gasteiger partial charge in [-0.2, -0.15) is 0 Å². The van der Waals surface area contributed by atoms with E-state index in [4.69, 9.17) is 4.99 Å². The molecule has 5 rings (SSSR count). The number of benzene rings is 3. The summed E-state index contributed by atoms with van der Waals surface area (Å²) in [7, 11) is 0. The molecular weight excluding hydrogens is 473 g/mol. The van der Waals surface area contributed by atoms with Gasteiger partial charge in [0.2, 0.25) is 0 Å². The van der Waals surface area contributed by atoms with E-state index < -0.39 is 4.92 Å². The fraction of sp³-hybridized carbons (Fsp3) is 0.276. The number of nitro groups is 1. The highest BCUT2D eigenvalue weighted by atomic mass is 32.1. The van der Waals surface area contributed by atoms with Crippen molar-refractivity contribution in [2.75, 3.05) is 0 Å². The number of aromatic nitrogens is 1. The van der Waals surface area contributed by atoms with Crippen molar-refractivity contribution >= 4 is 22.7 Å². The van der Waals surface area contributed by atoms with Gasteiger partial charge >= 0.3 is 0 Å². The quantitative estimate of drug-likeness (QED) is 0.192. The standard InChI is InChI=1S/C29H28FN3O2S/c30-25-16-10-21(11-17-25)18-19-32-28(24-14-12-23(13-15-24)22-6-2-1-3-7-22)20-36-29(32)31-26-8-4-5-9-27(26)33(34)35/h4-5,8-17,20,22H,1-3,6-7,18-19H2. The molecule has 0 spiro atoms. The van der Waals surface area contributed by atoms with Crippen LogP contribution in [-0.2, 0) is 13.0 Å². The van der Waals surface area contributed by atoms with Crippen LogP contribution < -0.4 is 4.80 Å². The second-order valence-electron chi connectivity index (χ2n) is 9.25. The lowest BCUT2D eigenvalue weighted by Crippen LogP contribution is -2.17. The molecule has 1 aliphatic rings. The fourth-order valence-electron chi connectivity index (χ4n) is 4.94. The minimum Gasteiger partial charge on any atom is -0.316 e. The van der Waals surface area contributed by atoms with E-state index in [0.29, 0.717) is 29.4 Å². The van der Waals surface area contributed by atoms with Crippen LogP contribution in [0.1, 0.15) is 49.1 Å². The van der Waals surface area contributed by atoms with Gasteiger partial charge < -0.3 is 4.57 Å². The second kappa shape index (κ2) is 11.0. The molecule has 36 heavy (non-hydrogen) atoms. The first-order chi connectivity index (χ1) is 17.6. The molecule has 5 nitrogen and oxygen atoms in total. The Bertz CT molecular complexity index is 1400. The molecule has 4 aromatic rings. The zero-order valence-corrected chi connectivity index (χ0v) is 20.8. The van der Waals surface area contributed by atoms with Crippen molar-refractivity contribution in [2.45, 2.75) is 51.0 Å². The van der Waals surface area contributed by atoms with Crippen LogP contribution in [0.5, 0.6) is 0 Å². The SMILES string of the molecule is O=[N+]([O-])c1ccccc1N=c1scc(-c2ccc(C3CCCCC3)cc2)n1CCc1ccc(F)cc1. The number of rotatable bonds is 7. The molecule has 1 aliphatic carbocycles. The lowest BCUT2D eigenvalue weighted by Gasteiger charge is -2.22. The lowest BCUT2D eigenvalue weighted by atomic mass is 9.84. The van der Waals surface area contributed by atoms with Crippen molar-refractivity contribution in [2.24, 2.45) is 4.99 Å². The van der Waals surface area contributed by atoms with Gasteiger partial charge in [-0.05, 0) is 60.1 Å². The maximum absolute atomic E-state index is 13.4. The van der Waals surface area contributed by atoms with Crippen LogP contribution in [-0.4, -0.2) is 9.49 Å². The van der Waals surface area contributed by atoms with Crippen molar-refractivity contribution < 1.29 is 9.31 Å². The number of thiazole rings is 1. The van der Waals surface area contributed by atoms with E-state index >= 15 is 0 Å². The summed E-state index contributed by atoms with van der Waals surface area (Å²) < 4.78 is 15.5. The number of hydrogen-bond donors (Lipinski definition) is 0. The van der Waals surface area contributed by atoms with E-state index in [-0.39, 0.29) is 11.5 Å². The monoisotopic (exact) mass is 501 g/mol. The highest BCUT2D eigenvalue weighted by Gasteiger charge is 2.17. The normalized spacial score (nSPS) is 14.8. The number of aryl methyl sites for hydroxylation is 1. The predicted octanol–water partition coefficient (Wildman–Crippen LogP) is 7.79. The van der Waals surface area contributed by atoms with Crippen LogP contribution >= 0.6 is 11.3 Å². The van der Waals surface area contributed by atoms with E-state index in [0.717, 1.165) is 16.8 Å². The average Bonchev–Trinajstić information content (AvgIpc) is 3.31. The Labute approximate surface area is 213 Å². The molecule has 0 N–H and O–H groups in total. The summed E-state index contributed by atoms with van der Waals surface area (Å²) in [5, 5.41) is 13.6. The first kappa shape index (κ1) is 24.1. The molecule has 0 saturated heterocycles. The summed E-state index contributed by atoms with van der Waals surface area (Å²) in [5.74, 6) is 0.387. The summed E-state index contributed by atoms with van der Waals surface area (Å²) in [6.45, 7) is 0.619. The van der Waals surface area contributed by atoms with Gasteiger partial charge in [0.1, 0.15) is 11.5 Å². The maximum atomic E-state index is 13.4. The van der Waals surface area contributed by atoms with Gasteiger partial charge in [-0.15, -0.1) is 11.3 Å². The molecule has 0 atom stereocenters. The van der Waals surface area contributed by atoms with Gasteiger partial charge in [0, 0.05) is 18.0 Å². The summed E-state index contributed by atoms with van der Waals surface area (Å²) >= 11 is 1.47. The van der Waals surface area contributed by atoms with E-state index in [2.05, 4.69) is 34.2 Å². The first-order valence-corrected chi connectivity index (χ1v) is 13.3. The molecule has 1 fully saturated rings. The van der Waals surface area contributed by atoms with Crippen molar-refractivity contribution in [3.05, 3.63) is 110 Å². The summed E-state index contributed by atoms with van der Waals surface area (Å²) in [4.78, 5) is 16.5. The second-order valence-corrected chi connectivity index (χ2v) is 10.1. The molecule has 0 amide bonds. The van der Waals surface area contributed by atoms with E-state index in [1.54, 1.807) is 30.3 Å². The van der Waals surface area contributed by atoms with E-state index in [1.165, 1.54) is 67.2 Å². The molecule has 0 bridgehead atoms. The van der Waals surface area contributed by atoms with E-state index in [9.17, 15) is 14.5 Å². The Kier molecular flexibility index (Phi) is 7.37. The van der Waals surface area contributed by atoms with Gasteiger partial charge in [-0.25, -0.2) is 9.38 Å².